The van der Waals surface area contributed by atoms with Crippen LogP contribution < -0.4 is 10.0 Å². The van der Waals surface area contributed by atoms with Gasteiger partial charge in [-0.15, -0.1) is 0 Å². The molecule has 0 fully saturated rings. The zero-order valence-electron chi connectivity index (χ0n) is 5.60. The lowest BCUT2D eigenvalue weighted by molar-refractivity contribution is 0.399. The highest BCUT2D eigenvalue weighted by Gasteiger charge is 2.18. The van der Waals surface area contributed by atoms with Gasteiger partial charge >= 0.3 is 0 Å². The topological polar surface area (TPSA) is 29.5 Å². The van der Waals surface area contributed by atoms with Crippen LogP contribution in [0.5, 0.6) is 11.5 Å². The minimum absolute atomic E-state index is 0.346. The van der Waals surface area contributed by atoms with E-state index in [1.807, 2.05) is 0 Å². The second-order valence-corrected chi connectivity index (χ2v) is 4.23. The smallest absolute Gasteiger partial charge is 0.145 e. The first-order chi connectivity index (χ1) is 5.29. The number of rotatable bonds is 0. The van der Waals surface area contributed by atoms with Crippen LogP contribution in [0, 0.1) is 0 Å². The molecule has 1 aromatic carbocycles. The number of fused-ring (bicyclic) bond motifs is 1. The predicted molar refractivity (Wildman–Crippen MR) is 49.3 cm³/mol. The average Bonchev–Trinajstić information content (AvgIpc) is 2.45. The van der Waals surface area contributed by atoms with E-state index in [4.69, 9.17) is 4.74 Å². The van der Waals surface area contributed by atoms with Gasteiger partial charge in [0.1, 0.15) is 17.8 Å². The van der Waals surface area contributed by atoms with E-state index in [2.05, 4.69) is 15.9 Å². The van der Waals surface area contributed by atoms with Crippen molar-refractivity contribution < 1.29 is 9.84 Å². The third kappa shape index (κ3) is 1.13. The van der Waals surface area contributed by atoms with Crippen LogP contribution in [0.15, 0.2) is 16.6 Å². The molecule has 0 amide bonds. The van der Waals surface area contributed by atoms with E-state index in [0.29, 0.717) is 20.7 Å². The first-order valence-electron chi connectivity index (χ1n) is 3.17. The van der Waals surface area contributed by atoms with Gasteiger partial charge in [0.15, 0.2) is 0 Å². The van der Waals surface area contributed by atoms with Crippen molar-refractivity contribution in [1.82, 2.24) is 0 Å². The molecule has 0 saturated heterocycles. The number of halogens is 1. The Balaban J connectivity index is 2.64. The molecule has 0 aliphatic carbocycles. The first kappa shape index (κ1) is 7.38. The van der Waals surface area contributed by atoms with E-state index in [9.17, 15) is 5.11 Å². The number of phenols is 1. The molecule has 1 heterocycles. The Bertz CT molecular complexity index is 272. The number of hydrogen-bond acceptors (Lipinski definition) is 2. The molecule has 1 atom stereocenters. The largest absolute Gasteiger partial charge is 0.507 e. The second-order valence-electron chi connectivity index (χ2n) is 2.24. The van der Waals surface area contributed by atoms with Crippen LogP contribution in [0.3, 0.4) is 0 Å². The minimum atomic E-state index is 0.346. The Hall–Kier alpha value is -0.270. The molecule has 1 N–H and O–H groups in total. The van der Waals surface area contributed by atoms with Crippen LogP contribution in [0.25, 0.3) is 0 Å². The molecule has 0 radical (unpaired) electrons. The molecule has 2 rings (SSSR count). The van der Waals surface area contributed by atoms with Crippen LogP contribution in [0.1, 0.15) is 0 Å². The van der Waals surface area contributed by atoms with Crippen LogP contribution in [0.2, 0.25) is 0 Å². The van der Waals surface area contributed by atoms with Gasteiger partial charge in [-0.3, -0.25) is 0 Å². The summed E-state index contributed by atoms with van der Waals surface area (Å²) >= 11 is 3.35. The summed E-state index contributed by atoms with van der Waals surface area (Å²) in [6.07, 6.45) is 0.700. The van der Waals surface area contributed by atoms with E-state index < -0.39 is 0 Å². The predicted octanol–water partition coefficient (Wildman–Crippen LogP) is 1.81. The van der Waals surface area contributed by atoms with Crippen molar-refractivity contribution in [3.63, 3.8) is 0 Å². The average molecular weight is 233 g/mol. The standard InChI is InChI=1S/C7H6BrO2P/c8-4-1-2-5(9)7-6(4)10-3-11-7/h1-2,9,11H,3H2. The summed E-state index contributed by atoms with van der Waals surface area (Å²) in [5.41, 5.74) is 0. The van der Waals surface area contributed by atoms with E-state index in [-0.39, 0.29) is 0 Å². The van der Waals surface area contributed by atoms with E-state index >= 15 is 0 Å². The Morgan fingerprint density at radius 3 is 3.09 bits per heavy atom. The molecular formula is C7H6BrO2P. The van der Waals surface area contributed by atoms with Crippen LogP contribution in [-0.4, -0.2) is 11.5 Å². The van der Waals surface area contributed by atoms with Gasteiger partial charge in [-0.1, -0.05) is 0 Å². The van der Waals surface area contributed by atoms with Crippen molar-refractivity contribution in [2.75, 3.05) is 6.35 Å². The monoisotopic (exact) mass is 232 g/mol. The third-order valence-electron chi connectivity index (χ3n) is 1.55. The van der Waals surface area contributed by atoms with Crippen molar-refractivity contribution in [3.8, 4) is 11.5 Å². The van der Waals surface area contributed by atoms with Crippen LogP contribution >= 0.6 is 24.5 Å². The Morgan fingerprint density at radius 1 is 1.55 bits per heavy atom. The van der Waals surface area contributed by atoms with Gasteiger partial charge in [-0.05, 0) is 36.6 Å². The van der Waals surface area contributed by atoms with E-state index in [1.165, 1.54) is 0 Å². The number of aromatic hydroxyl groups is 1. The van der Waals surface area contributed by atoms with Gasteiger partial charge in [0.25, 0.3) is 0 Å². The quantitative estimate of drug-likeness (QED) is 0.692. The zero-order valence-corrected chi connectivity index (χ0v) is 8.18. The molecule has 0 aromatic heterocycles. The fourth-order valence-corrected chi connectivity index (χ4v) is 2.66. The maximum Gasteiger partial charge on any atom is 0.145 e. The molecule has 0 spiro atoms. The summed E-state index contributed by atoms with van der Waals surface area (Å²) in [7, 11) is 0.573. The van der Waals surface area contributed by atoms with Crippen molar-refractivity contribution in [1.29, 1.82) is 0 Å². The van der Waals surface area contributed by atoms with E-state index in [1.54, 1.807) is 12.1 Å². The summed E-state index contributed by atoms with van der Waals surface area (Å²) in [4.78, 5) is 0. The summed E-state index contributed by atoms with van der Waals surface area (Å²) in [5, 5.41) is 10.3. The molecule has 4 heteroatoms. The van der Waals surface area contributed by atoms with Crippen molar-refractivity contribution in [2.45, 2.75) is 0 Å². The molecule has 2 nitrogen and oxygen atoms in total. The molecular weight excluding hydrogens is 227 g/mol. The summed E-state index contributed by atoms with van der Waals surface area (Å²) in [6.45, 7) is 0. The number of hydrogen-bond donors (Lipinski definition) is 1. The summed E-state index contributed by atoms with van der Waals surface area (Å²) < 4.78 is 6.24. The van der Waals surface area contributed by atoms with Crippen molar-refractivity contribution in [3.05, 3.63) is 16.6 Å². The zero-order chi connectivity index (χ0) is 7.84. The summed E-state index contributed by atoms with van der Waals surface area (Å²) in [6, 6.07) is 3.48. The molecule has 1 aliphatic rings. The maximum atomic E-state index is 9.36. The Kier molecular flexibility index (Phi) is 1.78. The fraction of sp³-hybridized carbons (Fsp3) is 0.143. The second kappa shape index (κ2) is 2.65. The number of phenolic OH excluding ortho intramolecular Hbond substituents is 1. The van der Waals surface area contributed by atoms with E-state index in [0.717, 1.165) is 15.5 Å². The Morgan fingerprint density at radius 2 is 2.36 bits per heavy atom. The SMILES string of the molecule is Oc1ccc(Br)c2c1PCO2. The van der Waals surface area contributed by atoms with Gasteiger partial charge in [0, 0.05) is 0 Å². The maximum absolute atomic E-state index is 9.36. The normalized spacial score (nSPS) is 16.5. The fourth-order valence-electron chi connectivity index (χ4n) is 1.04. The van der Waals surface area contributed by atoms with Crippen LogP contribution in [-0.2, 0) is 0 Å². The molecule has 11 heavy (non-hydrogen) atoms. The molecule has 1 unspecified atom stereocenters. The van der Waals surface area contributed by atoms with Gasteiger partial charge in [0.2, 0.25) is 0 Å². The Labute approximate surface area is 74.5 Å². The van der Waals surface area contributed by atoms with Gasteiger partial charge in [-0.25, -0.2) is 0 Å². The highest BCUT2D eigenvalue weighted by Crippen LogP contribution is 2.37. The number of benzene rings is 1. The highest BCUT2D eigenvalue weighted by molar-refractivity contribution is 9.10. The minimum Gasteiger partial charge on any atom is -0.507 e. The molecule has 0 bridgehead atoms. The van der Waals surface area contributed by atoms with Gasteiger partial charge in [-0.2, -0.15) is 0 Å². The lowest BCUT2D eigenvalue weighted by Crippen LogP contribution is -1.93. The molecule has 1 aliphatic heterocycles. The highest BCUT2D eigenvalue weighted by atomic mass is 79.9. The summed E-state index contributed by atoms with van der Waals surface area (Å²) in [5.74, 6) is 1.15. The van der Waals surface area contributed by atoms with Crippen molar-refractivity contribution in [2.24, 2.45) is 0 Å². The van der Waals surface area contributed by atoms with Gasteiger partial charge in [0.05, 0.1) is 9.78 Å². The van der Waals surface area contributed by atoms with Gasteiger partial charge < -0.3 is 9.84 Å². The molecule has 58 valence electrons. The lowest BCUT2D eigenvalue weighted by atomic mass is 10.3. The van der Waals surface area contributed by atoms with Crippen molar-refractivity contribution >= 4 is 29.8 Å². The molecule has 1 aromatic rings. The number of ether oxygens (including phenoxy) is 1. The third-order valence-corrected chi connectivity index (χ3v) is 3.30. The van der Waals surface area contributed by atoms with Crippen LogP contribution in [0.4, 0.5) is 0 Å². The first-order valence-corrected chi connectivity index (χ1v) is 5.17. The lowest BCUT2D eigenvalue weighted by Gasteiger charge is -2.01. The molecule has 0 saturated carbocycles.